The van der Waals surface area contributed by atoms with Crippen molar-refractivity contribution in [3.63, 3.8) is 0 Å². The summed E-state index contributed by atoms with van der Waals surface area (Å²) < 4.78 is 11.8. The normalized spacial score (nSPS) is 11.4. The molecule has 4 aromatic rings. The molecular weight excluding hydrogens is 546 g/mol. The molecule has 11 nitrogen and oxygen atoms in total. The summed E-state index contributed by atoms with van der Waals surface area (Å²) in [4.78, 5) is 27.5. The van der Waals surface area contributed by atoms with E-state index in [4.69, 9.17) is 14.3 Å². The molecular formula is C32H37N7O4. The highest BCUT2D eigenvalue weighted by Crippen LogP contribution is 2.27. The number of benzene rings is 2. The molecule has 0 fully saturated rings. The smallest absolute Gasteiger partial charge is 0.323 e. The largest absolute Gasteiger partial charge is 0.492 e. The van der Waals surface area contributed by atoms with Gasteiger partial charge in [-0.25, -0.2) is 14.8 Å². The average Bonchev–Trinajstić information content (AvgIpc) is 3.47. The predicted molar refractivity (Wildman–Crippen MR) is 169 cm³/mol. The minimum Gasteiger partial charge on any atom is -0.492 e. The molecule has 224 valence electrons. The molecule has 0 aliphatic rings. The van der Waals surface area contributed by atoms with Gasteiger partial charge in [0.15, 0.2) is 11.3 Å². The highest BCUT2D eigenvalue weighted by Gasteiger charge is 2.14. The number of amides is 2. The van der Waals surface area contributed by atoms with Gasteiger partial charge in [-0.2, -0.15) is 4.98 Å². The summed E-state index contributed by atoms with van der Waals surface area (Å²) >= 11 is 0. The zero-order chi connectivity index (χ0) is 30.4. The number of allylic oxidation sites excluding steroid dienone is 3. The summed E-state index contributed by atoms with van der Waals surface area (Å²) in [6.07, 6.45) is 6.95. The van der Waals surface area contributed by atoms with E-state index in [9.17, 15) is 4.79 Å². The number of urea groups is 1. The summed E-state index contributed by atoms with van der Waals surface area (Å²) in [6.45, 7) is 12.8. The van der Waals surface area contributed by atoms with Crippen LogP contribution >= 0.6 is 0 Å². The van der Waals surface area contributed by atoms with Gasteiger partial charge in [0.05, 0.1) is 6.61 Å². The molecule has 4 N–H and O–H groups in total. The summed E-state index contributed by atoms with van der Waals surface area (Å²) in [7, 11) is 0. The number of aromatic nitrogens is 3. The van der Waals surface area contributed by atoms with Gasteiger partial charge in [-0.1, -0.05) is 38.3 Å². The number of anilines is 2. The third-order valence-electron chi connectivity index (χ3n) is 6.53. The number of nitrogens with zero attached hydrogens (tertiary/aromatic N) is 4. The number of ether oxygens (including phenoxy) is 1. The topological polar surface area (TPSA) is 138 Å². The van der Waals surface area contributed by atoms with Crippen molar-refractivity contribution in [3.05, 3.63) is 97.5 Å². The molecule has 4 rings (SSSR count). The Labute approximate surface area is 251 Å². The Bertz CT molecular complexity index is 1530. The zero-order valence-electron chi connectivity index (χ0n) is 24.3. The van der Waals surface area contributed by atoms with Crippen molar-refractivity contribution in [2.45, 2.75) is 13.3 Å². The van der Waals surface area contributed by atoms with Crippen molar-refractivity contribution in [2.75, 3.05) is 50.0 Å². The SMILES string of the molecule is C=C/C=C(\C=C)NC(=O)Nc1ccc(CCNc2ncnc3oc(-c4ccc(OCCN(CC)CCO)cc4)nc23)cc1. The molecule has 0 saturated heterocycles. The van der Waals surface area contributed by atoms with Gasteiger partial charge in [0.2, 0.25) is 5.89 Å². The summed E-state index contributed by atoms with van der Waals surface area (Å²) in [5.74, 6) is 1.78. The van der Waals surface area contributed by atoms with Crippen molar-refractivity contribution in [3.8, 4) is 17.2 Å². The molecule has 0 spiro atoms. The molecule has 0 atom stereocenters. The van der Waals surface area contributed by atoms with E-state index in [2.05, 4.69) is 55.9 Å². The van der Waals surface area contributed by atoms with Gasteiger partial charge in [0, 0.05) is 36.6 Å². The highest BCUT2D eigenvalue weighted by atomic mass is 16.5. The predicted octanol–water partition coefficient (Wildman–Crippen LogP) is 5.01. The molecule has 0 unspecified atom stereocenters. The fourth-order valence-corrected chi connectivity index (χ4v) is 4.22. The monoisotopic (exact) mass is 583 g/mol. The van der Waals surface area contributed by atoms with E-state index in [-0.39, 0.29) is 12.6 Å². The molecule has 0 aliphatic heterocycles. The van der Waals surface area contributed by atoms with Gasteiger partial charge in [-0.05, 0) is 67.1 Å². The Morgan fingerprint density at radius 2 is 1.88 bits per heavy atom. The lowest BCUT2D eigenvalue weighted by atomic mass is 10.1. The molecule has 0 bridgehead atoms. The third kappa shape index (κ3) is 8.99. The van der Waals surface area contributed by atoms with E-state index in [1.807, 2.05) is 48.5 Å². The van der Waals surface area contributed by atoms with Crippen LogP contribution in [0.5, 0.6) is 5.75 Å². The molecule has 2 amide bonds. The molecule has 0 aliphatic carbocycles. The average molecular weight is 584 g/mol. The van der Waals surface area contributed by atoms with Gasteiger partial charge < -0.3 is 30.2 Å². The van der Waals surface area contributed by atoms with Gasteiger partial charge in [-0.3, -0.25) is 4.90 Å². The number of hydrogen-bond acceptors (Lipinski definition) is 9. The Balaban J connectivity index is 1.30. The molecule has 0 radical (unpaired) electrons. The molecule has 2 aromatic heterocycles. The first kappa shape index (κ1) is 30.9. The van der Waals surface area contributed by atoms with Gasteiger partial charge in [0.1, 0.15) is 18.7 Å². The number of fused-ring (bicyclic) bond motifs is 1. The number of carbonyl (C=O) groups excluding carboxylic acids is 1. The number of oxazole rings is 1. The maximum absolute atomic E-state index is 12.2. The fraction of sp³-hybridized carbons (Fsp3) is 0.250. The van der Waals surface area contributed by atoms with Crippen LogP contribution in [0, 0.1) is 0 Å². The van der Waals surface area contributed by atoms with Crippen LogP contribution in [0.2, 0.25) is 0 Å². The van der Waals surface area contributed by atoms with Crippen molar-refractivity contribution in [1.29, 1.82) is 0 Å². The standard InChI is InChI=1S/C32H37N7O4/c1-4-7-25(5-2)36-32(41)37-26-12-8-23(9-13-26)16-17-33-29-28-31(35-22-34-29)43-30(38-28)24-10-14-27(15-11-24)42-21-19-39(6-3)18-20-40/h4-5,7-15,22,40H,1-2,6,16-21H2,3H3,(H,33,34,35)(H2,36,37,41)/b25-7+. The lowest BCUT2D eigenvalue weighted by Crippen LogP contribution is -2.30. The van der Waals surface area contributed by atoms with Crippen LogP contribution in [0.3, 0.4) is 0 Å². The van der Waals surface area contributed by atoms with E-state index in [1.165, 1.54) is 6.33 Å². The second-order valence-corrected chi connectivity index (χ2v) is 9.44. The van der Waals surface area contributed by atoms with E-state index >= 15 is 0 Å². The van der Waals surface area contributed by atoms with Crippen LogP contribution in [0.1, 0.15) is 12.5 Å². The van der Waals surface area contributed by atoms with Crippen LogP contribution in [-0.2, 0) is 6.42 Å². The first-order valence-electron chi connectivity index (χ1n) is 14.1. The zero-order valence-corrected chi connectivity index (χ0v) is 24.3. The van der Waals surface area contributed by atoms with Crippen LogP contribution in [-0.4, -0.2) is 70.4 Å². The summed E-state index contributed by atoms with van der Waals surface area (Å²) in [6, 6.07) is 14.8. The van der Waals surface area contributed by atoms with E-state index < -0.39 is 0 Å². The molecule has 2 heterocycles. The quantitative estimate of drug-likeness (QED) is 0.134. The highest BCUT2D eigenvalue weighted by molar-refractivity contribution is 5.90. The van der Waals surface area contributed by atoms with Crippen LogP contribution in [0.15, 0.2) is 96.4 Å². The maximum Gasteiger partial charge on any atom is 0.323 e. The Hall–Kier alpha value is -5.00. The Morgan fingerprint density at radius 1 is 1.09 bits per heavy atom. The van der Waals surface area contributed by atoms with Crippen LogP contribution < -0.4 is 20.7 Å². The van der Waals surface area contributed by atoms with Crippen LogP contribution in [0.4, 0.5) is 16.3 Å². The van der Waals surface area contributed by atoms with Crippen molar-refractivity contribution in [2.24, 2.45) is 0 Å². The van der Waals surface area contributed by atoms with Crippen molar-refractivity contribution < 1.29 is 19.1 Å². The second-order valence-electron chi connectivity index (χ2n) is 9.44. The first-order valence-corrected chi connectivity index (χ1v) is 14.1. The third-order valence-corrected chi connectivity index (χ3v) is 6.53. The van der Waals surface area contributed by atoms with Crippen molar-refractivity contribution >= 4 is 28.8 Å². The van der Waals surface area contributed by atoms with Gasteiger partial charge in [-0.15, -0.1) is 0 Å². The maximum atomic E-state index is 12.2. The van der Waals surface area contributed by atoms with Gasteiger partial charge in [0.25, 0.3) is 5.71 Å². The fourth-order valence-electron chi connectivity index (χ4n) is 4.22. The lowest BCUT2D eigenvalue weighted by Gasteiger charge is -2.19. The first-order chi connectivity index (χ1) is 21.0. The molecule has 11 heteroatoms. The molecule has 2 aromatic carbocycles. The number of nitrogens with one attached hydrogen (secondary N) is 3. The van der Waals surface area contributed by atoms with E-state index in [1.54, 1.807) is 18.2 Å². The number of hydrogen-bond donors (Lipinski definition) is 4. The number of carbonyl (C=O) groups is 1. The summed E-state index contributed by atoms with van der Waals surface area (Å²) in [5, 5.41) is 17.9. The van der Waals surface area contributed by atoms with E-state index in [0.29, 0.717) is 54.0 Å². The van der Waals surface area contributed by atoms with Gasteiger partial charge >= 0.3 is 6.03 Å². The minimum absolute atomic E-state index is 0.135. The lowest BCUT2D eigenvalue weighted by molar-refractivity contribution is 0.174. The number of likely N-dealkylation sites (N-methyl/N-ethyl adjacent to an activating group) is 1. The number of rotatable bonds is 16. The Kier molecular flexibility index (Phi) is 11.4. The van der Waals surface area contributed by atoms with E-state index in [0.717, 1.165) is 36.4 Å². The van der Waals surface area contributed by atoms with Crippen molar-refractivity contribution in [1.82, 2.24) is 25.2 Å². The number of aliphatic hydroxyl groups excluding tert-OH is 1. The molecule has 43 heavy (non-hydrogen) atoms. The minimum atomic E-state index is -0.361. The number of aliphatic hydroxyl groups is 1. The van der Waals surface area contributed by atoms with Crippen LogP contribution in [0.25, 0.3) is 22.7 Å². The summed E-state index contributed by atoms with van der Waals surface area (Å²) in [5.41, 5.74) is 4.06. The Morgan fingerprint density at radius 3 is 2.58 bits per heavy atom. The molecule has 0 saturated carbocycles. The second kappa shape index (κ2) is 15.9.